The summed E-state index contributed by atoms with van der Waals surface area (Å²) in [5.41, 5.74) is -0.188. The number of hydrogen-bond donors (Lipinski definition) is 2. The number of anilines is 1. The number of rotatable bonds is 7. The fraction of sp³-hybridized carbons (Fsp3) is 0.500. The van der Waals surface area contributed by atoms with Crippen LogP contribution >= 0.6 is 15.9 Å². The van der Waals surface area contributed by atoms with E-state index < -0.39 is 5.41 Å². The van der Waals surface area contributed by atoms with Gasteiger partial charge in [-0.3, -0.25) is 9.59 Å². The molecule has 0 bridgehead atoms. The average molecular weight is 368 g/mol. The number of halogens is 1. The third-order valence-corrected chi connectivity index (χ3v) is 4.50. The molecular weight excluding hydrogens is 346 g/mol. The van der Waals surface area contributed by atoms with E-state index in [0.29, 0.717) is 25.1 Å². The minimum atomic E-state index is -0.882. The molecule has 1 aliphatic rings. The van der Waals surface area contributed by atoms with E-state index >= 15 is 0 Å². The van der Waals surface area contributed by atoms with Crippen LogP contribution in [0.2, 0.25) is 0 Å². The molecule has 1 aromatic rings. The molecule has 6 heteroatoms. The molecule has 0 heterocycles. The first-order chi connectivity index (χ1) is 10.5. The number of carbonyl (C=O) groups is 2. The molecule has 0 unspecified atom stereocenters. The normalized spacial score (nSPS) is 15.5. The summed E-state index contributed by atoms with van der Waals surface area (Å²) >= 11 is 3.39. The van der Waals surface area contributed by atoms with Crippen molar-refractivity contribution in [2.45, 2.75) is 19.3 Å². The third-order valence-electron chi connectivity index (χ3n) is 3.81. The molecule has 120 valence electrons. The monoisotopic (exact) mass is 367 g/mol. The molecular formula is C16H22BrN3O2. The second-order valence-corrected chi connectivity index (χ2v) is 6.78. The van der Waals surface area contributed by atoms with E-state index in [4.69, 9.17) is 0 Å². The predicted octanol–water partition coefficient (Wildman–Crippen LogP) is 2.24. The molecule has 0 saturated heterocycles. The van der Waals surface area contributed by atoms with E-state index in [1.165, 1.54) is 0 Å². The van der Waals surface area contributed by atoms with E-state index in [0.717, 1.165) is 17.4 Å². The lowest BCUT2D eigenvalue weighted by atomic mass is 10.0. The molecule has 0 radical (unpaired) electrons. The highest BCUT2D eigenvalue weighted by Gasteiger charge is 2.56. The Morgan fingerprint density at radius 1 is 1.23 bits per heavy atom. The van der Waals surface area contributed by atoms with E-state index in [-0.39, 0.29) is 11.8 Å². The first-order valence-electron chi connectivity index (χ1n) is 7.45. The molecule has 2 N–H and O–H groups in total. The van der Waals surface area contributed by atoms with Crippen LogP contribution in [0.15, 0.2) is 28.7 Å². The Morgan fingerprint density at radius 2 is 1.91 bits per heavy atom. The van der Waals surface area contributed by atoms with E-state index in [2.05, 4.69) is 31.5 Å². The highest BCUT2D eigenvalue weighted by molar-refractivity contribution is 9.10. The maximum Gasteiger partial charge on any atom is 0.240 e. The largest absolute Gasteiger partial charge is 0.355 e. The van der Waals surface area contributed by atoms with Crippen molar-refractivity contribution in [1.29, 1.82) is 0 Å². The average Bonchev–Trinajstić information content (AvgIpc) is 3.27. The maximum atomic E-state index is 12.4. The summed E-state index contributed by atoms with van der Waals surface area (Å²) in [6.45, 7) is 1.51. The molecule has 2 amide bonds. The third kappa shape index (κ3) is 4.08. The van der Waals surface area contributed by atoms with Gasteiger partial charge in [0.15, 0.2) is 0 Å². The van der Waals surface area contributed by atoms with Crippen LogP contribution in [0.4, 0.5) is 5.69 Å². The summed E-state index contributed by atoms with van der Waals surface area (Å²) in [7, 11) is 3.99. The van der Waals surface area contributed by atoms with Gasteiger partial charge in [-0.15, -0.1) is 0 Å². The molecule has 1 fully saturated rings. The van der Waals surface area contributed by atoms with Gasteiger partial charge in [-0.25, -0.2) is 0 Å². The maximum absolute atomic E-state index is 12.4. The van der Waals surface area contributed by atoms with Crippen LogP contribution in [0.1, 0.15) is 19.3 Å². The minimum Gasteiger partial charge on any atom is -0.355 e. The van der Waals surface area contributed by atoms with Crippen LogP contribution in [0.25, 0.3) is 0 Å². The highest BCUT2D eigenvalue weighted by atomic mass is 79.9. The fourth-order valence-corrected chi connectivity index (χ4v) is 2.64. The fourth-order valence-electron chi connectivity index (χ4n) is 2.25. The molecule has 0 aromatic heterocycles. The Bertz CT molecular complexity index is 556. The highest BCUT2D eigenvalue weighted by Crippen LogP contribution is 2.47. The number of para-hydroxylation sites is 1. The topological polar surface area (TPSA) is 61.4 Å². The molecule has 5 nitrogen and oxygen atoms in total. The van der Waals surface area contributed by atoms with E-state index in [1.54, 1.807) is 0 Å². The van der Waals surface area contributed by atoms with Crippen LogP contribution in [-0.2, 0) is 9.59 Å². The zero-order valence-corrected chi connectivity index (χ0v) is 14.6. The molecule has 1 aromatic carbocycles. The summed E-state index contributed by atoms with van der Waals surface area (Å²) in [4.78, 5) is 26.8. The lowest BCUT2D eigenvalue weighted by Gasteiger charge is -2.16. The molecule has 0 atom stereocenters. The molecule has 1 aliphatic carbocycles. The second-order valence-electron chi connectivity index (χ2n) is 5.93. The number of carbonyl (C=O) groups excluding carboxylic acids is 2. The number of amides is 2. The molecule has 1 saturated carbocycles. The lowest BCUT2D eigenvalue weighted by molar-refractivity contribution is -0.134. The van der Waals surface area contributed by atoms with Gasteiger partial charge in [-0.05, 0) is 68.0 Å². The van der Waals surface area contributed by atoms with Crippen LogP contribution in [0.3, 0.4) is 0 Å². The van der Waals surface area contributed by atoms with Gasteiger partial charge in [0.1, 0.15) is 5.41 Å². The summed E-state index contributed by atoms with van der Waals surface area (Å²) in [5.74, 6) is -0.375. The van der Waals surface area contributed by atoms with Gasteiger partial charge in [0.05, 0.1) is 5.69 Å². The number of hydrogen-bond acceptors (Lipinski definition) is 3. The van der Waals surface area contributed by atoms with Gasteiger partial charge in [0.2, 0.25) is 11.8 Å². The minimum absolute atomic E-state index is 0.157. The molecule has 0 aliphatic heterocycles. The van der Waals surface area contributed by atoms with Crippen molar-refractivity contribution in [3.63, 3.8) is 0 Å². The van der Waals surface area contributed by atoms with Crippen LogP contribution in [-0.4, -0.2) is 43.9 Å². The second kappa shape index (κ2) is 7.24. The van der Waals surface area contributed by atoms with Crippen molar-refractivity contribution in [1.82, 2.24) is 10.2 Å². The first-order valence-corrected chi connectivity index (χ1v) is 8.24. The SMILES string of the molecule is CN(C)CCCNC(=O)C1(C(=O)Nc2ccccc2Br)CC1. The standard InChI is InChI=1S/C16H22BrN3O2/c1-20(2)11-5-10-18-14(21)16(8-9-16)15(22)19-13-7-4-3-6-12(13)17/h3-4,6-7H,5,8-11H2,1-2H3,(H,18,21)(H,19,22). The quantitative estimate of drug-likeness (QED) is 0.573. The number of nitrogens with one attached hydrogen (secondary N) is 2. The molecule has 2 rings (SSSR count). The van der Waals surface area contributed by atoms with Crippen LogP contribution < -0.4 is 10.6 Å². The van der Waals surface area contributed by atoms with Gasteiger partial charge >= 0.3 is 0 Å². The zero-order chi connectivity index (χ0) is 16.2. The van der Waals surface area contributed by atoms with E-state index in [1.807, 2.05) is 38.4 Å². The zero-order valence-electron chi connectivity index (χ0n) is 13.0. The Morgan fingerprint density at radius 3 is 2.50 bits per heavy atom. The van der Waals surface area contributed by atoms with Crippen molar-refractivity contribution in [3.05, 3.63) is 28.7 Å². The molecule has 0 spiro atoms. The Kier molecular flexibility index (Phi) is 5.58. The smallest absolute Gasteiger partial charge is 0.240 e. The number of nitrogens with zero attached hydrogens (tertiary/aromatic N) is 1. The van der Waals surface area contributed by atoms with Gasteiger partial charge in [0, 0.05) is 11.0 Å². The number of benzene rings is 1. The first kappa shape index (κ1) is 17.0. The summed E-state index contributed by atoms with van der Waals surface area (Å²) in [6.07, 6.45) is 2.10. The molecule has 22 heavy (non-hydrogen) atoms. The van der Waals surface area contributed by atoms with Crippen LogP contribution in [0.5, 0.6) is 0 Å². The van der Waals surface area contributed by atoms with Crippen molar-refractivity contribution in [2.75, 3.05) is 32.5 Å². The van der Waals surface area contributed by atoms with Crippen molar-refractivity contribution >= 4 is 33.4 Å². The summed E-state index contributed by atoms with van der Waals surface area (Å²) < 4.78 is 0.811. The van der Waals surface area contributed by atoms with Crippen molar-refractivity contribution in [3.8, 4) is 0 Å². The van der Waals surface area contributed by atoms with Gasteiger partial charge in [-0.2, -0.15) is 0 Å². The Hall–Kier alpha value is -1.40. The Balaban J connectivity index is 1.89. The van der Waals surface area contributed by atoms with Crippen molar-refractivity contribution in [2.24, 2.45) is 5.41 Å². The summed E-state index contributed by atoms with van der Waals surface area (Å²) in [5, 5.41) is 5.73. The van der Waals surface area contributed by atoms with Gasteiger partial charge < -0.3 is 15.5 Å². The van der Waals surface area contributed by atoms with E-state index in [9.17, 15) is 9.59 Å². The van der Waals surface area contributed by atoms with Crippen LogP contribution in [0, 0.1) is 5.41 Å². The Labute approximate surface area is 139 Å². The van der Waals surface area contributed by atoms with Gasteiger partial charge in [-0.1, -0.05) is 12.1 Å². The predicted molar refractivity (Wildman–Crippen MR) is 90.6 cm³/mol. The summed E-state index contributed by atoms with van der Waals surface area (Å²) in [6, 6.07) is 7.40. The lowest BCUT2D eigenvalue weighted by Crippen LogP contribution is -2.40. The van der Waals surface area contributed by atoms with Gasteiger partial charge in [0.25, 0.3) is 0 Å². The van der Waals surface area contributed by atoms with Crippen molar-refractivity contribution < 1.29 is 9.59 Å².